The first-order valence-electron chi connectivity index (χ1n) is 8.65. The van der Waals surface area contributed by atoms with Crippen molar-refractivity contribution in [3.05, 3.63) is 75.7 Å². The van der Waals surface area contributed by atoms with E-state index in [4.69, 9.17) is 32.1 Å². The number of aryl methyl sites for hydroxylation is 1. The van der Waals surface area contributed by atoms with Crippen molar-refractivity contribution < 1.29 is 13.7 Å². The van der Waals surface area contributed by atoms with Crippen molar-refractivity contribution in [3.8, 4) is 11.3 Å². The zero-order valence-corrected chi connectivity index (χ0v) is 16.6. The van der Waals surface area contributed by atoms with Gasteiger partial charge in [0.1, 0.15) is 28.4 Å². The molecule has 1 atom stereocenters. The van der Waals surface area contributed by atoms with Gasteiger partial charge in [-0.3, -0.25) is 4.79 Å². The van der Waals surface area contributed by atoms with Crippen LogP contribution in [0.15, 0.2) is 57.5 Å². The maximum absolute atomic E-state index is 13.0. The second-order valence-corrected chi connectivity index (χ2v) is 7.26. The van der Waals surface area contributed by atoms with Crippen LogP contribution in [0.4, 0.5) is 0 Å². The van der Waals surface area contributed by atoms with E-state index < -0.39 is 0 Å². The van der Waals surface area contributed by atoms with Gasteiger partial charge in [-0.25, -0.2) is 0 Å². The molecule has 0 bridgehead atoms. The molecular formula is C21H16Cl2N2O3. The summed E-state index contributed by atoms with van der Waals surface area (Å²) < 4.78 is 11.1. The van der Waals surface area contributed by atoms with Gasteiger partial charge in [0.05, 0.1) is 16.1 Å². The van der Waals surface area contributed by atoms with Crippen molar-refractivity contribution >= 4 is 40.1 Å². The molecule has 2 aromatic heterocycles. The molecule has 0 aliphatic carbocycles. The molecule has 4 aromatic rings. The monoisotopic (exact) mass is 414 g/mol. The van der Waals surface area contributed by atoms with Gasteiger partial charge < -0.3 is 14.3 Å². The minimum atomic E-state index is -0.358. The maximum atomic E-state index is 13.0. The summed E-state index contributed by atoms with van der Waals surface area (Å²) in [6, 6.07) is 14.3. The van der Waals surface area contributed by atoms with Crippen LogP contribution in [-0.2, 0) is 0 Å². The Morgan fingerprint density at radius 2 is 1.82 bits per heavy atom. The number of para-hydroxylation sites is 1. The number of hydrogen-bond acceptors (Lipinski definition) is 4. The maximum Gasteiger partial charge on any atom is 0.257 e. The summed E-state index contributed by atoms with van der Waals surface area (Å²) >= 11 is 12.6. The van der Waals surface area contributed by atoms with E-state index in [-0.39, 0.29) is 17.5 Å². The number of carbonyl (C=O) groups excluding carboxylic acids is 1. The number of furan rings is 1. The van der Waals surface area contributed by atoms with Crippen LogP contribution < -0.4 is 5.32 Å². The second kappa shape index (κ2) is 7.34. The van der Waals surface area contributed by atoms with Crippen molar-refractivity contribution in [3.63, 3.8) is 0 Å². The molecule has 142 valence electrons. The number of nitrogens with zero attached hydrogens (tertiary/aromatic N) is 1. The Hall–Kier alpha value is -2.76. The van der Waals surface area contributed by atoms with E-state index in [0.29, 0.717) is 32.8 Å². The lowest BCUT2D eigenvalue weighted by molar-refractivity contribution is 0.0934. The van der Waals surface area contributed by atoms with Gasteiger partial charge >= 0.3 is 0 Å². The number of halogens is 2. The Balaban J connectivity index is 1.66. The predicted octanol–water partition coefficient (Wildman–Crippen LogP) is 6.19. The highest BCUT2D eigenvalue weighted by atomic mass is 35.5. The number of hydrogen-bond donors (Lipinski definition) is 1. The third kappa shape index (κ3) is 3.28. The van der Waals surface area contributed by atoms with Crippen LogP contribution in [0.3, 0.4) is 0 Å². The summed E-state index contributed by atoms with van der Waals surface area (Å²) in [5.74, 6) is 0.680. The second-order valence-electron chi connectivity index (χ2n) is 6.44. The Morgan fingerprint density at radius 1 is 1.11 bits per heavy atom. The minimum Gasteiger partial charge on any atom is -0.459 e. The highest BCUT2D eigenvalue weighted by molar-refractivity contribution is 6.39. The van der Waals surface area contributed by atoms with E-state index >= 15 is 0 Å². The standard InChI is InChI=1S/C21H16Cl2N2O3/c1-11(17-10-13-6-3-4-9-16(13)27-17)24-21(26)18-12(2)28-25-20(18)19-14(22)7-5-8-15(19)23/h3-11H,1-2H3,(H,24,26)/t11-/m1/s1. The topological polar surface area (TPSA) is 68.3 Å². The lowest BCUT2D eigenvalue weighted by Crippen LogP contribution is -2.27. The zero-order valence-electron chi connectivity index (χ0n) is 15.1. The van der Waals surface area contributed by atoms with Crippen LogP contribution in [0.2, 0.25) is 10.0 Å². The quantitative estimate of drug-likeness (QED) is 0.431. The van der Waals surface area contributed by atoms with Crippen LogP contribution in [0.5, 0.6) is 0 Å². The molecule has 0 radical (unpaired) electrons. The Labute approximate surface area is 171 Å². The van der Waals surface area contributed by atoms with Crippen LogP contribution in [0.1, 0.15) is 34.8 Å². The molecule has 0 aliphatic rings. The van der Waals surface area contributed by atoms with E-state index in [1.54, 1.807) is 25.1 Å². The SMILES string of the molecule is Cc1onc(-c2c(Cl)cccc2Cl)c1C(=O)N[C@H](C)c1cc2ccccc2o1. The molecule has 1 amide bonds. The summed E-state index contributed by atoms with van der Waals surface area (Å²) in [7, 11) is 0. The first-order valence-corrected chi connectivity index (χ1v) is 9.41. The van der Waals surface area contributed by atoms with Crippen molar-refractivity contribution in [1.29, 1.82) is 0 Å². The molecule has 0 spiro atoms. The van der Waals surface area contributed by atoms with Crippen molar-refractivity contribution in [2.75, 3.05) is 0 Å². The van der Waals surface area contributed by atoms with Gasteiger partial charge in [0, 0.05) is 10.9 Å². The van der Waals surface area contributed by atoms with E-state index in [2.05, 4.69) is 10.5 Å². The average Bonchev–Trinajstić information content (AvgIpc) is 3.25. The van der Waals surface area contributed by atoms with Crippen LogP contribution in [0, 0.1) is 6.92 Å². The lowest BCUT2D eigenvalue weighted by Gasteiger charge is -2.12. The van der Waals surface area contributed by atoms with Gasteiger partial charge in [-0.15, -0.1) is 0 Å². The normalized spacial score (nSPS) is 12.3. The molecule has 5 nitrogen and oxygen atoms in total. The third-order valence-electron chi connectivity index (χ3n) is 4.51. The summed E-state index contributed by atoms with van der Waals surface area (Å²) in [5, 5.41) is 8.70. The first kappa shape index (κ1) is 18.6. The van der Waals surface area contributed by atoms with Crippen LogP contribution in [-0.4, -0.2) is 11.1 Å². The van der Waals surface area contributed by atoms with Gasteiger partial charge in [0.25, 0.3) is 5.91 Å². The number of carbonyl (C=O) groups is 1. The third-order valence-corrected chi connectivity index (χ3v) is 5.14. The van der Waals surface area contributed by atoms with Crippen molar-refractivity contribution in [1.82, 2.24) is 10.5 Å². The van der Waals surface area contributed by atoms with E-state index in [9.17, 15) is 4.79 Å². The van der Waals surface area contributed by atoms with Crippen molar-refractivity contribution in [2.45, 2.75) is 19.9 Å². The van der Waals surface area contributed by atoms with Gasteiger partial charge in [-0.05, 0) is 38.1 Å². The summed E-state index contributed by atoms with van der Waals surface area (Å²) in [6.45, 7) is 3.52. The highest BCUT2D eigenvalue weighted by Gasteiger charge is 2.26. The smallest absolute Gasteiger partial charge is 0.257 e. The largest absolute Gasteiger partial charge is 0.459 e. The fraction of sp³-hybridized carbons (Fsp3) is 0.143. The fourth-order valence-electron chi connectivity index (χ4n) is 3.09. The lowest BCUT2D eigenvalue weighted by atomic mass is 10.0. The summed E-state index contributed by atoms with van der Waals surface area (Å²) in [5.41, 5.74) is 1.83. The number of nitrogens with one attached hydrogen (secondary N) is 1. The van der Waals surface area contributed by atoms with Gasteiger partial charge in [0.2, 0.25) is 0 Å². The van der Waals surface area contributed by atoms with Gasteiger partial charge in [-0.1, -0.05) is 52.6 Å². The average molecular weight is 415 g/mol. The number of rotatable bonds is 4. The molecule has 0 unspecified atom stereocenters. The van der Waals surface area contributed by atoms with E-state index in [1.807, 2.05) is 37.3 Å². The molecule has 1 N–H and O–H groups in total. The fourth-order valence-corrected chi connectivity index (χ4v) is 3.67. The van der Waals surface area contributed by atoms with E-state index in [0.717, 1.165) is 11.0 Å². The van der Waals surface area contributed by atoms with Gasteiger partial charge in [-0.2, -0.15) is 0 Å². The minimum absolute atomic E-state index is 0.290. The molecule has 0 saturated carbocycles. The van der Waals surface area contributed by atoms with E-state index in [1.165, 1.54) is 0 Å². The Bertz CT molecular complexity index is 1130. The molecule has 2 aromatic carbocycles. The van der Waals surface area contributed by atoms with Gasteiger partial charge in [0.15, 0.2) is 0 Å². The number of fused-ring (bicyclic) bond motifs is 1. The molecular weight excluding hydrogens is 399 g/mol. The zero-order chi connectivity index (χ0) is 19.8. The molecule has 7 heteroatoms. The number of aromatic nitrogens is 1. The van der Waals surface area contributed by atoms with Crippen LogP contribution in [0.25, 0.3) is 22.2 Å². The molecule has 4 rings (SSSR count). The molecule has 28 heavy (non-hydrogen) atoms. The number of amides is 1. The Kier molecular flexibility index (Phi) is 4.87. The number of benzene rings is 2. The Morgan fingerprint density at radius 3 is 2.54 bits per heavy atom. The highest BCUT2D eigenvalue weighted by Crippen LogP contribution is 2.37. The molecule has 0 fully saturated rings. The molecule has 0 aliphatic heterocycles. The first-order chi connectivity index (χ1) is 13.5. The predicted molar refractivity (Wildman–Crippen MR) is 109 cm³/mol. The summed E-state index contributed by atoms with van der Waals surface area (Å²) in [6.07, 6.45) is 0. The molecule has 2 heterocycles. The van der Waals surface area contributed by atoms with Crippen molar-refractivity contribution in [2.24, 2.45) is 0 Å². The summed E-state index contributed by atoms with van der Waals surface area (Å²) in [4.78, 5) is 13.0. The van der Waals surface area contributed by atoms with Crippen LogP contribution >= 0.6 is 23.2 Å². The molecule has 0 saturated heterocycles.